The highest BCUT2D eigenvalue weighted by molar-refractivity contribution is 5.98. The number of aromatic amines is 1. The Morgan fingerprint density at radius 2 is 1.88 bits per heavy atom. The Morgan fingerprint density at radius 1 is 1.07 bits per heavy atom. The van der Waals surface area contributed by atoms with Gasteiger partial charge in [0.05, 0.1) is 11.7 Å². The van der Waals surface area contributed by atoms with E-state index in [4.69, 9.17) is 4.74 Å². The van der Waals surface area contributed by atoms with E-state index >= 15 is 0 Å². The number of H-pyrrole nitrogens is 1. The number of anilines is 1. The standard InChI is InChI=1S/C28H40N8O6/c1-28(2,3)42-27(41)32-11-6-4-5-8-23(37)35-21(25(39)40)18-33-24(38)19-9-10-22-20(16-19)17-34-36(22)15-7-12-29-26-30-13-14-31-26/h9-10,13-14,16-17,21H,4-8,11-12,15,18H2,1-3H3,(H,32,41)(H,33,38)(H,35,37)(H,39,40)(H2,29,30,31)/t21-/m0/s1. The molecule has 14 nitrogen and oxygen atoms in total. The van der Waals surface area contributed by atoms with Crippen LogP contribution in [0.25, 0.3) is 10.9 Å². The quantitative estimate of drug-likeness (QED) is 0.137. The van der Waals surface area contributed by atoms with Gasteiger partial charge < -0.3 is 36.1 Å². The van der Waals surface area contributed by atoms with Crippen LogP contribution in [0.15, 0.2) is 36.8 Å². The molecule has 228 valence electrons. The Balaban J connectivity index is 1.38. The van der Waals surface area contributed by atoms with Gasteiger partial charge in [0.15, 0.2) is 5.95 Å². The highest BCUT2D eigenvalue weighted by Gasteiger charge is 2.21. The summed E-state index contributed by atoms with van der Waals surface area (Å²) in [7, 11) is 0. The maximum Gasteiger partial charge on any atom is 0.407 e. The number of carbonyl (C=O) groups excluding carboxylic acids is 3. The first-order valence-electron chi connectivity index (χ1n) is 14.0. The van der Waals surface area contributed by atoms with Crippen molar-refractivity contribution in [2.75, 3.05) is 25.0 Å². The predicted molar refractivity (Wildman–Crippen MR) is 156 cm³/mol. The molecule has 0 aliphatic heterocycles. The fourth-order valence-corrected chi connectivity index (χ4v) is 4.06. The van der Waals surface area contributed by atoms with E-state index in [0.29, 0.717) is 50.4 Å². The molecule has 2 heterocycles. The van der Waals surface area contributed by atoms with Crippen molar-refractivity contribution >= 4 is 40.7 Å². The van der Waals surface area contributed by atoms with Gasteiger partial charge in [-0.25, -0.2) is 14.6 Å². The van der Waals surface area contributed by atoms with Gasteiger partial charge in [0.1, 0.15) is 11.6 Å². The average molecular weight is 585 g/mol. The lowest BCUT2D eigenvalue weighted by Crippen LogP contribution is -2.48. The Labute approximate surface area is 244 Å². The van der Waals surface area contributed by atoms with E-state index in [1.54, 1.807) is 57.6 Å². The molecule has 1 aromatic carbocycles. The number of nitrogens with one attached hydrogen (secondary N) is 5. The summed E-state index contributed by atoms with van der Waals surface area (Å²) >= 11 is 0. The van der Waals surface area contributed by atoms with Gasteiger partial charge in [-0.3, -0.25) is 14.3 Å². The van der Waals surface area contributed by atoms with Crippen LogP contribution in [0.2, 0.25) is 0 Å². The topological polar surface area (TPSA) is 192 Å². The summed E-state index contributed by atoms with van der Waals surface area (Å²) in [4.78, 5) is 55.4. The summed E-state index contributed by atoms with van der Waals surface area (Å²) in [6, 6.07) is 3.89. The Bertz CT molecular complexity index is 1330. The average Bonchev–Trinajstić information content (AvgIpc) is 3.59. The molecule has 6 N–H and O–H groups in total. The van der Waals surface area contributed by atoms with E-state index < -0.39 is 35.5 Å². The van der Waals surface area contributed by atoms with E-state index in [2.05, 4.69) is 36.3 Å². The molecule has 3 amide bonds. The van der Waals surface area contributed by atoms with Crippen molar-refractivity contribution in [3.63, 3.8) is 0 Å². The van der Waals surface area contributed by atoms with E-state index in [9.17, 15) is 24.3 Å². The van der Waals surface area contributed by atoms with Crippen molar-refractivity contribution in [1.29, 1.82) is 0 Å². The number of carboxylic acids is 1. The summed E-state index contributed by atoms with van der Waals surface area (Å²) in [6.45, 7) is 6.88. The van der Waals surface area contributed by atoms with Crippen LogP contribution < -0.4 is 21.3 Å². The number of fused-ring (bicyclic) bond motifs is 1. The fraction of sp³-hybridized carbons (Fsp3) is 0.500. The first kappa shape index (κ1) is 31.9. The molecule has 0 fully saturated rings. The second-order valence-electron chi connectivity index (χ2n) is 10.8. The third-order valence-electron chi connectivity index (χ3n) is 6.09. The molecule has 3 rings (SSSR count). The number of hydrogen-bond acceptors (Lipinski definition) is 8. The highest BCUT2D eigenvalue weighted by Crippen LogP contribution is 2.16. The van der Waals surface area contributed by atoms with Crippen LogP contribution in [0.4, 0.5) is 10.7 Å². The summed E-state index contributed by atoms with van der Waals surface area (Å²) in [5.74, 6) is -1.42. The number of aliphatic carboxylic acids is 1. The van der Waals surface area contributed by atoms with Crippen molar-refractivity contribution in [2.45, 2.75) is 71.1 Å². The fourth-order valence-electron chi connectivity index (χ4n) is 4.06. The number of amides is 3. The van der Waals surface area contributed by atoms with Crippen molar-refractivity contribution in [3.05, 3.63) is 42.4 Å². The molecule has 0 bridgehead atoms. The lowest BCUT2D eigenvalue weighted by atomic mass is 10.1. The lowest BCUT2D eigenvalue weighted by molar-refractivity contribution is -0.141. The smallest absolute Gasteiger partial charge is 0.407 e. The monoisotopic (exact) mass is 584 g/mol. The molecule has 1 atom stereocenters. The second kappa shape index (κ2) is 15.4. The van der Waals surface area contributed by atoms with Gasteiger partial charge in [0.25, 0.3) is 5.91 Å². The molecule has 0 saturated carbocycles. The number of benzene rings is 1. The number of unbranched alkanes of at least 4 members (excludes halogenated alkanes) is 2. The number of rotatable bonds is 16. The minimum atomic E-state index is -1.27. The number of imidazole rings is 1. The minimum Gasteiger partial charge on any atom is -0.480 e. The Hall–Kier alpha value is -4.62. The van der Waals surface area contributed by atoms with Crippen LogP contribution in [0.1, 0.15) is 63.2 Å². The predicted octanol–water partition coefficient (Wildman–Crippen LogP) is 2.65. The summed E-state index contributed by atoms with van der Waals surface area (Å²) in [5.41, 5.74) is 0.665. The van der Waals surface area contributed by atoms with Gasteiger partial charge in [0.2, 0.25) is 5.91 Å². The van der Waals surface area contributed by atoms with Crippen molar-refractivity contribution in [1.82, 2.24) is 35.7 Å². The zero-order valence-corrected chi connectivity index (χ0v) is 24.2. The van der Waals surface area contributed by atoms with Crippen molar-refractivity contribution < 1.29 is 29.0 Å². The Kier molecular flexibility index (Phi) is 11.7. The van der Waals surface area contributed by atoms with Gasteiger partial charge in [-0.15, -0.1) is 0 Å². The number of aromatic nitrogens is 4. The molecular weight excluding hydrogens is 544 g/mol. The number of nitrogens with zero attached hydrogens (tertiary/aromatic N) is 3. The highest BCUT2D eigenvalue weighted by atomic mass is 16.6. The summed E-state index contributed by atoms with van der Waals surface area (Å²) in [6.07, 6.45) is 7.39. The van der Waals surface area contributed by atoms with E-state index in [1.807, 2.05) is 4.68 Å². The molecule has 0 radical (unpaired) electrons. The first-order valence-corrected chi connectivity index (χ1v) is 14.0. The molecule has 0 spiro atoms. The number of carbonyl (C=O) groups is 4. The van der Waals surface area contributed by atoms with Crippen LogP contribution >= 0.6 is 0 Å². The molecule has 2 aromatic heterocycles. The van der Waals surface area contributed by atoms with Gasteiger partial charge in [-0.1, -0.05) is 6.42 Å². The molecule has 3 aromatic rings. The maximum atomic E-state index is 12.7. The molecule has 0 aliphatic carbocycles. The van der Waals surface area contributed by atoms with Crippen molar-refractivity contribution in [2.24, 2.45) is 0 Å². The first-order chi connectivity index (χ1) is 20.0. The molecule has 0 unspecified atom stereocenters. The van der Waals surface area contributed by atoms with E-state index in [-0.39, 0.29) is 13.0 Å². The van der Waals surface area contributed by atoms with Gasteiger partial charge in [0, 0.05) is 55.9 Å². The van der Waals surface area contributed by atoms with Crippen LogP contribution in [-0.2, 0) is 20.9 Å². The molecule has 0 saturated heterocycles. The number of ether oxygens (including phenoxy) is 1. The van der Waals surface area contributed by atoms with E-state index in [0.717, 1.165) is 17.3 Å². The lowest BCUT2D eigenvalue weighted by Gasteiger charge is -2.19. The van der Waals surface area contributed by atoms with Gasteiger partial charge in [-0.05, 0) is 58.2 Å². The number of alkyl carbamates (subject to hydrolysis) is 1. The zero-order valence-electron chi connectivity index (χ0n) is 24.2. The molecule has 42 heavy (non-hydrogen) atoms. The normalized spacial score (nSPS) is 12.0. The maximum absolute atomic E-state index is 12.7. The minimum absolute atomic E-state index is 0.129. The van der Waals surface area contributed by atoms with E-state index in [1.165, 1.54) is 0 Å². The van der Waals surface area contributed by atoms with Gasteiger partial charge in [-0.2, -0.15) is 5.10 Å². The largest absolute Gasteiger partial charge is 0.480 e. The van der Waals surface area contributed by atoms with Crippen LogP contribution in [0.3, 0.4) is 0 Å². The number of aryl methyl sites for hydroxylation is 1. The van der Waals surface area contributed by atoms with Crippen LogP contribution in [0.5, 0.6) is 0 Å². The van der Waals surface area contributed by atoms with Gasteiger partial charge >= 0.3 is 12.1 Å². The summed E-state index contributed by atoms with van der Waals surface area (Å²) in [5, 5.41) is 25.6. The molecule has 14 heteroatoms. The Morgan fingerprint density at radius 3 is 2.60 bits per heavy atom. The number of carboxylic acid groups (broad SMARTS) is 1. The van der Waals surface area contributed by atoms with Crippen LogP contribution in [-0.4, -0.2) is 80.0 Å². The zero-order chi connectivity index (χ0) is 30.5. The third-order valence-corrected chi connectivity index (χ3v) is 6.09. The van der Waals surface area contributed by atoms with Crippen molar-refractivity contribution in [3.8, 4) is 0 Å². The SMILES string of the molecule is CC(C)(C)OC(=O)NCCCCCC(=O)N[C@@H](CNC(=O)c1ccc2c(cnn2CCCNc2ncc[nH]2)c1)C(=O)O. The van der Waals surface area contributed by atoms with Crippen LogP contribution in [0, 0.1) is 0 Å². The summed E-state index contributed by atoms with van der Waals surface area (Å²) < 4.78 is 7.01. The second-order valence-corrected chi connectivity index (χ2v) is 10.8. The third kappa shape index (κ3) is 10.7. The molecule has 0 aliphatic rings. The molecular formula is C28H40N8O6. The number of hydrogen-bond donors (Lipinski definition) is 6.